The molecule has 0 aromatic heterocycles. The lowest BCUT2D eigenvalue weighted by atomic mass is 9.85. The van der Waals surface area contributed by atoms with E-state index < -0.39 is 23.3 Å². The summed E-state index contributed by atoms with van der Waals surface area (Å²) in [7, 11) is 3.90. The van der Waals surface area contributed by atoms with E-state index in [1.807, 2.05) is 0 Å². The molecule has 0 N–H and O–H groups in total. The first kappa shape index (κ1) is 17.5. The van der Waals surface area contributed by atoms with E-state index in [9.17, 15) is 14.4 Å². The van der Waals surface area contributed by atoms with Gasteiger partial charge in [0.25, 0.3) is 0 Å². The van der Waals surface area contributed by atoms with Crippen LogP contribution >= 0.6 is 0 Å². The molecule has 1 amide bonds. The molecule has 0 saturated carbocycles. The predicted octanol–water partition coefficient (Wildman–Crippen LogP) is 1.67. The van der Waals surface area contributed by atoms with Gasteiger partial charge in [-0.05, 0) is 38.1 Å². The molecule has 0 atom stereocenters. The van der Waals surface area contributed by atoms with Crippen LogP contribution in [0.15, 0.2) is 35.5 Å². The van der Waals surface area contributed by atoms with Gasteiger partial charge in [0.2, 0.25) is 5.91 Å². The second-order valence-corrected chi connectivity index (χ2v) is 5.67. The van der Waals surface area contributed by atoms with Crippen molar-refractivity contribution in [1.82, 2.24) is 0 Å². The van der Waals surface area contributed by atoms with E-state index in [0.717, 1.165) is 0 Å². The van der Waals surface area contributed by atoms with Crippen LogP contribution in [0.5, 0.6) is 5.75 Å². The summed E-state index contributed by atoms with van der Waals surface area (Å²) in [5.41, 5.74) is -0.966. The number of hydrogen-bond donors (Lipinski definition) is 0. The molecule has 0 bridgehead atoms. The number of ether oxygens (including phenoxy) is 3. The Morgan fingerprint density at radius 1 is 0.958 bits per heavy atom. The normalized spacial score (nSPS) is 16.2. The molecule has 1 aliphatic rings. The third kappa shape index (κ3) is 2.62. The Kier molecular flexibility index (Phi) is 4.64. The molecule has 1 heterocycles. The van der Waals surface area contributed by atoms with Crippen molar-refractivity contribution in [1.29, 1.82) is 0 Å². The van der Waals surface area contributed by atoms with Crippen molar-refractivity contribution in [2.45, 2.75) is 13.8 Å². The van der Waals surface area contributed by atoms with Crippen LogP contribution in [-0.2, 0) is 23.9 Å². The summed E-state index contributed by atoms with van der Waals surface area (Å²) in [6, 6.07) is 6.55. The number of rotatable bonds is 4. The lowest BCUT2D eigenvalue weighted by Gasteiger charge is -2.22. The number of esters is 2. The minimum atomic E-state index is -1.23. The Bertz CT molecular complexity index is 717. The number of methoxy groups -OCH3 is 3. The zero-order valence-corrected chi connectivity index (χ0v) is 14.2. The summed E-state index contributed by atoms with van der Waals surface area (Å²) in [6.07, 6.45) is 0. The van der Waals surface area contributed by atoms with E-state index >= 15 is 0 Å². The van der Waals surface area contributed by atoms with E-state index in [0.29, 0.717) is 11.4 Å². The van der Waals surface area contributed by atoms with Gasteiger partial charge in [-0.1, -0.05) is 0 Å². The number of nitrogens with zero attached hydrogens (tertiary/aromatic N) is 1. The van der Waals surface area contributed by atoms with Crippen LogP contribution in [0, 0.1) is 5.41 Å². The third-order valence-corrected chi connectivity index (χ3v) is 3.92. The van der Waals surface area contributed by atoms with Crippen LogP contribution in [0.1, 0.15) is 13.8 Å². The molecule has 0 spiro atoms. The van der Waals surface area contributed by atoms with Crippen LogP contribution < -0.4 is 9.64 Å². The molecule has 1 aromatic carbocycles. The van der Waals surface area contributed by atoms with Crippen molar-refractivity contribution in [2.24, 2.45) is 5.41 Å². The van der Waals surface area contributed by atoms with Gasteiger partial charge in [0.1, 0.15) is 11.4 Å². The monoisotopic (exact) mass is 333 g/mol. The van der Waals surface area contributed by atoms with Gasteiger partial charge in [0.05, 0.1) is 32.3 Å². The lowest BCUT2D eigenvalue weighted by Crippen LogP contribution is -2.35. The first-order chi connectivity index (χ1) is 11.3. The van der Waals surface area contributed by atoms with Crippen LogP contribution in [0.3, 0.4) is 0 Å². The fourth-order valence-corrected chi connectivity index (χ4v) is 2.62. The average Bonchev–Trinajstić information content (AvgIpc) is 2.80. The quantitative estimate of drug-likeness (QED) is 0.780. The van der Waals surface area contributed by atoms with Gasteiger partial charge in [-0.15, -0.1) is 0 Å². The summed E-state index contributed by atoms with van der Waals surface area (Å²) >= 11 is 0. The lowest BCUT2D eigenvalue weighted by molar-refractivity contribution is -0.140. The van der Waals surface area contributed by atoms with Crippen molar-refractivity contribution in [3.63, 3.8) is 0 Å². The molecule has 7 heteroatoms. The van der Waals surface area contributed by atoms with Gasteiger partial charge in [-0.3, -0.25) is 9.69 Å². The Morgan fingerprint density at radius 3 is 1.96 bits per heavy atom. The summed E-state index contributed by atoms with van der Waals surface area (Å²) in [4.78, 5) is 38.5. The molecule has 128 valence electrons. The topological polar surface area (TPSA) is 82.1 Å². The van der Waals surface area contributed by atoms with Gasteiger partial charge in [-0.25, -0.2) is 9.59 Å². The minimum absolute atomic E-state index is 0.0299. The number of benzene rings is 1. The fourth-order valence-electron chi connectivity index (χ4n) is 2.62. The molecular formula is C17H19NO6. The van der Waals surface area contributed by atoms with Crippen molar-refractivity contribution in [2.75, 3.05) is 26.2 Å². The maximum atomic E-state index is 12.9. The molecule has 1 aromatic rings. The second kappa shape index (κ2) is 6.35. The summed E-state index contributed by atoms with van der Waals surface area (Å²) in [5.74, 6) is -1.36. The van der Waals surface area contributed by atoms with Crippen LogP contribution in [0.4, 0.5) is 5.69 Å². The smallest absolute Gasteiger partial charge is 0.355 e. The first-order valence-corrected chi connectivity index (χ1v) is 7.19. The molecule has 0 unspecified atom stereocenters. The summed E-state index contributed by atoms with van der Waals surface area (Å²) in [6.45, 7) is 3.13. The molecule has 0 saturated heterocycles. The van der Waals surface area contributed by atoms with E-state index in [-0.39, 0.29) is 11.3 Å². The number of carbonyl (C=O) groups is 3. The van der Waals surface area contributed by atoms with Crippen LogP contribution in [-0.4, -0.2) is 39.2 Å². The fraction of sp³-hybridized carbons (Fsp3) is 0.353. The molecule has 2 rings (SSSR count). The summed E-state index contributed by atoms with van der Waals surface area (Å²) in [5, 5.41) is 0. The first-order valence-electron chi connectivity index (χ1n) is 7.19. The number of amides is 1. The maximum Gasteiger partial charge on any atom is 0.355 e. The Balaban J connectivity index is 2.68. The van der Waals surface area contributed by atoms with E-state index in [2.05, 4.69) is 0 Å². The standard InChI is InChI=1S/C17H19NO6/c1-17(2)12(14(19)23-4)13(15(20)24-5)18(16(17)21)10-6-8-11(22-3)9-7-10/h6-9H,1-5H3. The van der Waals surface area contributed by atoms with E-state index in [4.69, 9.17) is 14.2 Å². The maximum absolute atomic E-state index is 12.9. The average molecular weight is 333 g/mol. The molecule has 0 radical (unpaired) electrons. The molecule has 24 heavy (non-hydrogen) atoms. The van der Waals surface area contributed by atoms with Crippen LogP contribution in [0.2, 0.25) is 0 Å². The van der Waals surface area contributed by atoms with Gasteiger partial charge in [0, 0.05) is 5.69 Å². The van der Waals surface area contributed by atoms with Gasteiger partial charge < -0.3 is 14.2 Å². The van der Waals surface area contributed by atoms with Crippen molar-refractivity contribution >= 4 is 23.5 Å². The SMILES string of the molecule is COC(=O)C1=C(C(=O)OC)C(C)(C)C(=O)N1c1ccc(OC)cc1. The largest absolute Gasteiger partial charge is 0.497 e. The van der Waals surface area contributed by atoms with Crippen LogP contribution in [0.25, 0.3) is 0 Å². The zero-order chi connectivity index (χ0) is 18.1. The predicted molar refractivity (Wildman–Crippen MR) is 85.3 cm³/mol. The Hall–Kier alpha value is -2.83. The molecule has 1 aliphatic heterocycles. The third-order valence-electron chi connectivity index (χ3n) is 3.92. The van der Waals surface area contributed by atoms with Crippen molar-refractivity contribution in [3.8, 4) is 5.75 Å². The Labute approximate surface area is 139 Å². The van der Waals surface area contributed by atoms with Gasteiger partial charge in [0.15, 0.2) is 0 Å². The van der Waals surface area contributed by atoms with E-state index in [1.54, 1.807) is 38.1 Å². The molecule has 0 fully saturated rings. The highest BCUT2D eigenvalue weighted by atomic mass is 16.5. The zero-order valence-electron chi connectivity index (χ0n) is 14.2. The van der Waals surface area contributed by atoms with Crippen molar-refractivity contribution < 1.29 is 28.6 Å². The van der Waals surface area contributed by atoms with E-state index in [1.165, 1.54) is 26.2 Å². The highest BCUT2D eigenvalue weighted by Gasteiger charge is 2.52. The highest BCUT2D eigenvalue weighted by molar-refractivity contribution is 6.20. The summed E-state index contributed by atoms with van der Waals surface area (Å²) < 4.78 is 14.6. The number of carbonyl (C=O) groups excluding carboxylic acids is 3. The Morgan fingerprint density at radius 2 is 1.50 bits per heavy atom. The highest BCUT2D eigenvalue weighted by Crippen LogP contribution is 2.43. The van der Waals surface area contributed by atoms with Gasteiger partial charge in [-0.2, -0.15) is 0 Å². The molecule has 7 nitrogen and oxygen atoms in total. The second-order valence-electron chi connectivity index (χ2n) is 5.67. The van der Waals surface area contributed by atoms with Gasteiger partial charge >= 0.3 is 11.9 Å². The number of hydrogen-bond acceptors (Lipinski definition) is 6. The number of anilines is 1. The molecule has 0 aliphatic carbocycles. The minimum Gasteiger partial charge on any atom is -0.497 e. The molecular weight excluding hydrogens is 314 g/mol. The van der Waals surface area contributed by atoms with Crippen molar-refractivity contribution in [3.05, 3.63) is 35.5 Å².